The van der Waals surface area contributed by atoms with Gasteiger partial charge < -0.3 is 20.6 Å². The van der Waals surface area contributed by atoms with Gasteiger partial charge in [0.15, 0.2) is 0 Å². The molecule has 3 N–H and O–H groups in total. The summed E-state index contributed by atoms with van der Waals surface area (Å²) in [5, 5.41) is 24.7. The van der Waals surface area contributed by atoms with Crippen molar-refractivity contribution in [3.63, 3.8) is 0 Å². The average Bonchev–Trinajstić information content (AvgIpc) is 3.37. The SMILES string of the molecule is N#C[C@@H]1C[C@@]2(CN1C(=O)CC(=O)NC[C@H]1CC[C@H](O)C1)C(=O)Nc1ccccc12. The first-order chi connectivity index (χ1) is 13.9. The van der Waals surface area contributed by atoms with E-state index in [4.69, 9.17) is 0 Å². The molecule has 0 bridgehead atoms. The average molecular weight is 396 g/mol. The number of aliphatic hydroxyl groups excluding tert-OH is 1. The van der Waals surface area contributed by atoms with E-state index in [2.05, 4.69) is 16.7 Å². The minimum Gasteiger partial charge on any atom is -0.393 e. The van der Waals surface area contributed by atoms with E-state index >= 15 is 0 Å². The van der Waals surface area contributed by atoms with Gasteiger partial charge in [-0.3, -0.25) is 14.4 Å². The van der Waals surface area contributed by atoms with Crippen LogP contribution in [0.15, 0.2) is 24.3 Å². The van der Waals surface area contributed by atoms with Gasteiger partial charge in [0.05, 0.1) is 17.6 Å². The van der Waals surface area contributed by atoms with Crippen LogP contribution in [-0.4, -0.2) is 53.0 Å². The zero-order valence-corrected chi connectivity index (χ0v) is 16.1. The molecule has 152 valence electrons. The minimum absolute atomic E-state index is 0.0923. The zero-order chi connectivity index (χ0) is 20.6. The third-order valence-electron chi connectivity index (χ3n) is 6.37. The van der Waals surface area contributed by atoms with Crippen LogP contribution < -0.4 is 10.6 Å². The number of amides is 3. The Balaban J connectivity index is 1.42. The molecule has 8 heteroatoms. The summed E-state index contributed by atoms with van der Waals surface area (Å²) in [5.41, 5.74) is 0.563. The number of rotatable bonds is 4. The molecule has 1 saturated heterocycles. The van der Waals surface area contributed by atoms with Crippen LogP contribution in [0.25, 0.3) is 0 Å². The van der Waals surface area contributed by atoms with Gasteiger partial charge in [-0.2, -0.15) is 5.26 Å². The van der Waals surface area contributed by atoms with E-state index < -0.39 is 23.3 Å². The van der Waals surface area contributed by atoms with Crippen molar-refractivity contribution in [3.8, 4) is 6.07 Å². The predicted molar refractivity (Wildman–Crippen MR) is 103 cm³/mol. The topological polar surface area (TPSA) is 123 Å². The van der Waals surface area contributed by atoms with Gasteiger partial charge in [0, 0.05) is 25.2 Å². The van der Waals surface area contributed by atoms with Gasteiger partial charge in [0.2, 0.25) is 17.7 Å². The molecule has 3 amide bonds. The van der Waals surface area contributed by atoms with Crippen molar-refractivity contribution in [3.05, 3.63) is 29.8 Å². The standard InChI is InChI=1S/C21H24N4O4/c22-10-14-9-21(16-3-1-2-4-17(16)24-20(21)29)12-25(14)19(28)8-18(27)23-11-13-5-6-15(26)7-13/h1-4,13-15,26H,5-9,11-12H2,(H,23,27)(H,24,29)/t13-,14-,15-,21-/m0/s1. The molecule has 0 radical (unpaired) electrons. The van der Waals surface area contributed by atoms with E-state index in [9.17, 15) is 24.8 Å². The summed E-state index contributed by atoms with van der Waals surface area (Å²) in [6, 6.07) is 8.68. The summed E-state index contributed by atoms with van der Waals surface area (Å²) in [6.07, 6.45) is 1.81. The predicted octanol–water partition coefficient (Wildman–Crippen LogP) is 0.668. The molecule has 29 heavy (non-hydrogen) atoms. The van der Waals surface area contributed by atoms with E-state index in [0.717, 1.165) is 18.4 Å². The van der Waals surface area contributed by atoms with Gasteiger partial charge >= 0.3 is 0 Å². The van der Waals surface area contributed by atoms with Crippen molar-refractivity contribution in [2.75, 3.05) is 18.4 Å². The second kappa shape index (κ2) is 7.48. The number of fused-ring (bicyclic) bond motifs is 2. The molecule has 1 aromatic carbocycles. The molecule has 4 atom stereocenters. The number of carbonyl (C=O) groups is 3. The van der Waals surface area contributed by atoms with Gasteiger partial charge in [-0.05, 0) is 36.8 Å². The monoisotopic (exact) mass is 396 g/mol. The molecule has 1 saturated carbocycles. The number of anilines is 1. The van der Waals surface area contributed by atoms with Crippen LogP contribution in [0.4, 0.5) is 5.69 Å². The number of nitrogens with zero attached hydrogens (tertiary/aromatic N) is 2. The van der Waals surface area contributed by atoms with E-state index in [1.54, 1.807) is 6.07 Å². The number of benzene rings is 1. The molecule has 2 fully saturated rings. The van der Waals surface area contributed by atoms with Crippen molar-refractivity contribution in [1.29, 1.82) is 5.26 Å². The van der Waals surface area contributed by atoms with Gasteiger partial charge in [0.25, 0.3) is 0 Å². The molecule has 1 spiro atoms. The quantitative estimate of drug-likeness (QED) is 0.646. The third-order valence-corrected chi connectivity index (χ3v) is 6.37. The molecule has 1 aliphatic carbocycles. The fraction of sp³-hybridized carbons (Fsp3) is 0.524. The molecule has 1 aromatic rings. The minimum atomic E-state index is -0.941. The first kappa shape index (κ1) is 19.4. The summed E-state index contributed by atoms with van der Waals surface area (Å²) < 4.78 is 0. The Morgan fingerprint density at radius 1 is 1.34 bits per heavy atom. The van der Waals surface area contributed by atoms with Gasteiger partial charge in [-0.25, -0.2) is 0 Å². The molecule has 4 rings (SSSR count). The van der Waals surface area contributed by atoms with E-state index in [1.165, 1.54) is 4.90 Å². The van der Waals surface area contributed by atoms with E-state index in [-0.39, 0.29) is 37.3 Å². The number of carbonyl (C=O) groups excluding carboxylic acids is 3. The number of aliphatic hydroxyl groups is 1. The Bertz CT molecular complexity index is 895. The van der Waals surface area contributed by atoms with Crippen LogP contribution in [0.2, 0.25) is 0 Å². The first-order valence-corrected chi connectivity index (χ1v) is 9.98. The molecule has 8 nitrogen and oxygen atoms in total. The Hall–Kier alpha value is -2.92. The van der Waals surface area contributed by atoms with Crippen LogP contribution in [-0.2, 0) is 19.8 Å². The van der Waals surface area contributed by atoms with Crippen LogP contribution in [0, 0.1) is 17.2 Å². The van der Waals surface area contributed by atoms with Crippen molar-refractivity contribution in [1.82, 2.24) is 10.2 Å². The highest BCUT2D eigenvalue weighted by Gasteiger charge is 2.55. The maximum atomic E-state index is 12.8. The maximum Gasteiger partial charge on any atom is 0.237 e. The van der Waals surface area contributed by atoms with Crippen LogP contribution in [0.1, 0.15) is 37.7 Å². The second-order valence-electron chi connectivity index (χ2n) is 8.27. The largest absolute Gasteiger partial charge is 0.393 e. The number of hydrogen-bond acceptors (Lipinski definition) is 5. The molecule has 2 aliphatic heterocycles. The number of nitriles is 1. The summed E-state index contributed by atoms with van der Waals surface area (Å²) in [4.78, 5) is 39.1. The third kappa shape index (κ3) is 3.47. The fourth-order valence-corrected chi connectivity index (χ4v) is 4.81. The molecular formula is C21H24N4O4. The molecule has 0 aromatic heterocycles. The number of hydrogen-bond donors (Lipinski definition) is 3. The lowest BCUT2D eigenvalue weighted by atomic mass is 9.80. The van der Waals surface area contributed by atoms with Crippen molar-refractivity contribution in [2.45, 2.75) is 49.7 Å². The van der Waals surface area contributed by atoms with Gasteiger partial charge in [0.1, 0.15) is 12.5 Å². The smallest absolute Gasteiger partial charge is 0.237 e. The molecule has 3 aliphatic rings. The van der Waals surface area contributed by atoms with E-state index in [1.807, 2.05) is 18.2 Å². The number of nitrogens with one attached hydrogen (secondary N) is 2. The van der Waals surface area contributed by atoms with Gasteiger partial charge in [-0.1, -0.05) is 18.2 Å². The first-order valence-electron chi connectivity index (χ1n) is 9.98. The summed E-state index contributed by atoms with van der Waals surface area (Å²) in [7, 11) is 0. The van der Waals surface area contributed by atoms with Crippen molar-refractivity contribution in [2.24, 2.45) is 5.92 Å². The Kier molecular flexibility index (Phi) is 5.01. The molecular weight excluding hydrogens is 372 g/mol. The number of likely N-dealkylation sites (tertiary alicyclic amines) is 1. The Morgan fingerprint density at radius 2 is 2.14 bits per heavy atom. The second-order valence-corrected chi connectivity index (χ2v) is 8.27. The zero-order valence-electron chi connectivity index (χ0n) is 16.1. The van der Waals surface area contributed by atoms with Crippen molar-refractivity contribution >= 4 is 23.4 Å². The van der Waals surface area contributed by atoms with Crippen LogP contribution in [0.5, 0.6) is 0 Å². The molecule has 2 heterocycles. The highest BCUT2D eigenvalue weighted by Crippen LogP contribution is 2.46. The summed E-state index contributed by atoms with van der Waals surface area (Å²) in [6.45, 7) is 0.527. The van der Waals surface area contributed by atoms with E-state index in [0.29, 0.717) is 18.7 Å². The normalized spacial score (nSPS) is 30.1. The van der Waals surface area contributed by atoms with Crippen molar-refractivity contribution < 1.29 is 19.5 Å². The number of para-hydroxylation sites is 1. The Labute approximate surface area is 168 Å². The molecule has 0 unspecified atom stereocenters. The lowest BCUT2D eigenvalue weighted by molar-refractivity contribution is -0.136. The van der Waals surface area contributed by atoms with Crippen LogP contribution >= 0.6 is 0 Å². The maximum absolute atomic E-state index is 12.8. The highest BCUT2D eigenvalue weighted by atomic mass is 16.3. The Morgan fingerprint density at radius 3 is 2.86 bits per heavy atom. The highest BCUT2D eigenvalue weighted by molar-refractivity contribution is 6.07. The summed E-state index contributed by atoms with van der Waals surface area (Å²) >= 11 is 0. The lowest BCUT2D eigenvalue weighted by Gasteiger charge is -2.22. The van der Waals surface area contributed by atoms with Gasteiger partial charge in [-0.15, -0.1) is 0 Å². The fourth-order valence-electron chi connectivity index (χ4n) is 4.81. The van der Waals surface area contributed by atoms with Crippen LogP contribution in [0.3, 0.4) is 0 Å². The lowest BCUT2D eigenvalue weighted by Crippen LogP contribution is -2.42. The summed E-state index contributed by atoms with van der Waals surface area (Å²) in [5.74, 6) is -0.831.